The molecule has 6 heteroatoms. The van der Waals surface area contributed by atoms with E-state index >= 15 is 0 Å². The van der Waals surface area contributed by atoms with E-state index in [-0.39, 0.29) is 30.3 Å². The number of ether oxygens (including phenoxy) is 1. The number of hydrogen-bond acceptors (Lipinski definition) is 4. The lowest BCUT2D eigenvalue weighted by Crippen LogP contribution is -2.41. The number of furan rings is 1. The topological polar surface area (TPSA) is 63.5 Å². The summed E-state index contributed by atoms with van der Waals surface area (Å²) in [5.41, 5.74) is 0.741. The molecule has 0 bridgehead atoms. The van der Waals surface area contributed by atoms with E-state index in [1.807, 2.05) is 38.1 Å². The molecule has 132 valence electrons. The van der Waals surface area contributed by atoms with Gasteiger partial charge >= 0.3 is 0 Å². The molecule has 1 aliphatic rings. The van der Waals surface area contributed by atoms with Crippen LogP contribution in [0.4, 0.5) is 0 Å². The summed E-state index contributed by atoms with van der Waals surface area (Å²) in [6, 6.07) is 7.65. The second-order valence-corrected chi connectivity index (χ2v) is 6.03. The minimum atomic E-state index is -0.161. The van der Waals surface area contributed by atoms with Gasteiger partial charge in [-0.05, 0) is 45.4 Å². The maximum absolute atomic E-state index is 12.3. The normalized spacial score (nSPS) is 18.7. The summed E-state index contributed by atoms with van der Waals surface area (Å²) < 4.78 is 11.5. The van der Waals surface area contributed by atoms with Crippen LogP contribution in [0, 0.1) is 5.92 Å². The highest BCUT2D eigenvalue weighted by atomic mass is 35.5. The fourth-order valence-electron chi connectivity index (χ4n) is 3.02. The van der Waals surface area contributed by atoms with Gasteiger partial charge in [0.05, 0.1) is 18.6 Å². The molecule has 2 unspecified atom stereocenters. The van der Waals surface area contributed by atoms with Crippen molar-refractivity contribution in [3.05, 3.63) is 30.0 Å². The van der Waals surface area contributed by atoms with E-state index in [1.54, 1.807) is 0 Å². The van der Waals surface area contributed by atoms with Gasteiger partial charge in [0, 0.05) is 11.9 Å². The van der Waals surface area contributed by atoms with Crippen LogP contribution in [0.5, 0.6) is 5.75 Å². The second kappa shape index (κ2) is 8.40. The molecule has 0 spiro atoms. The Bertz CT molecular complexity index is 680. The minimum Gasteiger partial charge on any atom is -0.490 e. The maximum Gasteiger partial charge on any atom is 0.224 e. The summed E-state index contributed by atoms with van der Waals surface area (Å²) in [6.07, 6.45) is 2.00. The van der Waals surface area contributed by atoms with Crippen LogP contribution in [-0.4, -0.2) is 25.6 Å². The van der Waals surface area contributed by atoms with Gasteiger partial charge in [0.1, 0.15) is 5.76 Å². The van der Waals surface area contributed by atoms with Crippen LogP contribution in [0.3, 0.4) is 0 Å². The van der Waals surface area contributed by atoms with Crippen molar-refractivity contribution in [2.24, 2.45) is 5.92 Å². The van der Waals surface area contributed by atoms with Crippen LogP contribution in [0.2, 0.25) is 0 Å². The van der Waals surface area contributed by atoms with Crippen molar-refractivity contribution in [3.8, 4) is 5.75 Å². The van der Waals surface area contributed by atoms with Crippen LogP contribution in [0.1, 0.15) is 38.5 Å². The summed E-state index contributed by atoms with van der Waals surface area (Å²) in [4.78, 5) is 12.3. The molecule has 1 fully saturated rings. The van der Waals surface area contributed by atoms with E-state index in [2.05, 4.69) is 10.6 Å². The third-order valence-corrected chi connectivity index (χ3v) is 4.28. The molecular formula is C18H25ClN2O3. The van der Waals surface area contributed by atoms with Crippen molar-refractivity contribution in [3.63, 3.8) is 0 Å². The molecule has 0 saturated carbocycles. The molecule has 2 heterocycles. The number of carbonyl (C=O) groups is 1. The number of para-hydroxylation sites is 1. The van der Waals surface area contributed by atoms with E-state index < -0.39 is 0 Å². The first-order valence-electron chi connectivity index (χ1n) is 8.35. The molecule has 2 aromatic rings. The van der Waals surface area contributed by atoms with E-state index in [1.165, 1.54) is 0 Å². The zero-order chi connectivity index (χ0) is 16.2. The van der Waals surface area contributed by atoms with E-state index in [4.69, 9.17) is 9.15 Å². The zero-order valence-electron chi connectivity index (χ0n) is 14.1. The SMILES string of the molecule is CCOc1cccc2cc(C(C)NC(=O)C3CCCNC3)oc12.Cl. The monoisotopic (exact) mass is 352 g/mol. The molecule has 1 aromatic heterocycles. The van der Waals surface area contributed by atoms with E-state index in [9.17, 15) is 4.79 Å². The van der Waals surface area contributed by atoms with Crippen molar-refractivity contribution in [1.29, 1.82) is 0 Å². The Balaban J connectivity index is 0.00000208. The van der Waals surface area contributed by atoms with Gasteiger partial charge < -0.3 is 19.8 Å². The Labute approximate surface area is 148 Å². The molecule has 1 aliphatic heterocycles. The summed E-state index contributed by atoms with van der Waals surface area (Å²) in [5.74, 6) is 1.64. The third kappa shape index (κ3) is 4.02. The highest BCUT2D eigenvalue weighted by molar-refractivity contribution is 5.85. The Morgan fingerprint density at radius 3 is 3.04 bits per heavy atom. The summed E-state index contributed by atoms with van der Waals surface area (Å²) in [6.45, 7) is 6.25. The van der Waals surface area contributed by atoms with Gasteiger partial charge in [-0.25, -0.2) is 0 Å². The molecule has 24 heavy (non-hydrogen) atoms. The Morgan fingerprint density at radius 2 is 2.33 bits per heavy atom. The van der Waals surface area contributed by atoms with Gasteiger partial charge in [-0.3, -0.25) is 4.79 Å². The van der Waals surface area contributed by atoms with E-state index in [0.717, 1.165) is 48.4 Å². The van der Waals surface area contributed by atoms with Crippen molar-refractivity contribution < 1.29 is 13.9 Å². The Kier molecular flexibility index (Phi) is 6.52. The molecular weight excluding hydrogens is 328 g/mol. The second-order valence-electron chi connectivity index (χ2n) is 6.03. The average Bonchev–Trinajstić information content (AvgIpc) is 3.01. The van der Waals surface area contributed by atoms with Gasteiger partial charge in [0.25, 0.3) is 0 Å². The number of amides is 1. The zero-order valence-corrected chi connectivity index (χ0v) is 14.9. The van der Waals surface area contributed by atoms with Crippen LogP contribution in [-0.2, 0) is 4.79 Å². The number of halogens is 1. The first-order chi connectivity index (χ1) is 11.2. The number of fused-ring (bicyclic) bond motifs is 1. The molecule has 1 amide bonds. The summed E-state index contributed by atoms with van der Waals surface area (Å²) >= 11 is 0. The maximum atomic E-state index is 12.3. The van der Waals surface area contributed by atoms with Crippen molar-refractivity contribution >= 4 is 29.3 Å². The first kappa shape index (κ1) is 18.6. The number of piperidine rings is 1. The van der Waals surface area contributed by atoms with Gasteiger partial charge in [-0.1, -0.05) is 12.1 Å². The smallest absolute Gasteiger partial charge is 0.224 e. The molecule has 2 atom stereocenters. The quantitative estimate of drug-likeness (QED) is 0.865. The average molecular weight is 353 g/mol. The molecule has 2 N–H and O–H groups in total. The lowest BCUT2D eigenvalue weighted by Gasteiger charge is -2.23. The lowest BCUT2D eigenvalue weighted by atomic mass is 9.98. The van der Waals surface area contributed by atoms with Crippen LogP contribution in [0.25, 0.3) is 11.0 Å². The summed E-state index contributed by atoms with van der Waals surface area (Å²) in [5, 5.41) is 7.33. The van der Waals surface area contributed by atoms with Crippen molar-refractivity contribution in [2.45, 2.75) is 32.7 Å². The molecule has 0 aliphatic carbocycles. The predicted molar refractivity (Wildman–Crippen MR) is 96.8 cm³/mol. The molecule has 5 nitrogen and oxygen atoms in total. The van der Waals surface area contributed by atoms with Gasteiger partial charge in [-0.2, -0.15) is 0 Å². The molecule has 3 rings (SSSR count). The first-order valence-corrected chi connectivity index (χ1v) is 8.35. The minimum absolute atomic E-state index is 0. The molecule has 1 aromatic carbocycles. The summed E-state index contributed by atoms with van der Waals surface area (Å²) in [7, 11) is 0. The lowest BCUT2D eigenvalue weighted by molar-refractivity contribution is -0.126. The van der Waals surface area contributed by atoms with Crippen LogP contribution in [0.15, 0.2) is 28.7 Å². The highest BCUT2D eigenvalue weighted by Gasteiger charge is 2.23. The number of hydrogen-bond donors (Lipinski definition) is 2. The third-order valence-electron chi connectivity index (χ3n) is 4.28. The fourth-order valence-corrected chi connectivity index (χ4v) is 3.02. The van der Waals surface area contributed by atoms with Crippen LogP contribution >= 0.6 is 12.4 Å². The fraction of sp³-hybridized carbons (Fsp3) is 0.500. The van der Waals surface area contributed by atoms with Crippen molar-refractivity contribution in [2.75, 3.05) is 19.7 Å². The largest absolute Gasteiger partial charge is 0.490 e. The van der Waals surface area contributed by atoms with Crippen molar-refractivity contribution in [1.82, 2.24) is 10.6 Å². The predicted octanol–water partition coefficient (Wildman–Crippen LogP) is 3.43. The molecule has 1 saturated heterocycles. The Morgan fingerprint density at radius 1 is 1.50 bits per heavy atom. The highest BCUT2D eigenvalue weighted by Crippen LogP contribution is 2.31. The van der Waals surface area contributed by atoms with Gasteiger partial charge in [0.15, 0.2) is 11.3 Å². The van der Waals surface area contributed by atoms with E-state index in [0.29, 0.717) is 6.61 Å². The van der Waals surface area contributed by atoms with Gasteiger partial charge in [0.2, 0.25) is 5.91 Å². The van der Waals surface area contributed by atoms with Crippen LogP contribution < -0.4 is 15.4 Å². The number of rotatable bonds is 5. The number of benzene rings is 1. The number of carbonyl (C=O) groups excluding carboxylic acids is 1. The molecule has 0 radical (unpaired) electrons. The standard InChI is InChI=1S/C18H24N2O3.ClH/c1-3-22-15-8-4-6-13-10-16(23-17(13)15)12(2)20-18(21)14-7-5-9-19-11-14;/h4,6,8,10,12,14,19H,3,5,7,9,11H2,1-2H3,(H,20,21);1H. The Hall–Kier alpha value is -1.72. The van der Waals surface area contributed by atoms with Gasteiger partial charge in [-0.15, -0.1) is 12.4 Å². The number of nitrogens with one attached hydrogen (secondary N) is 2.